The highest BCUT2D eigenvalue weighted by Gasteiger charge is 2.36. The number of hydrogen-bond donors (Lipinski definition) is 1. The van der Waals surface area contributed by atoms with E-state index in [4.69, 9.17) is 12.2 Å². The summed E-state index contributed by atoms with van der Waals surface area (Å²) in [4.78, 5) is 16.5. The lowest BCUT2D eigenvalue weighted by atomic mass is 9.94. The van der Waals surface area contributed by atoms with Gasteiger partial charge in [-0.15, -0.1) is 0 Å². The van der Waals surface area contributed by atoms with Crippen molar-refractivity contribution in [1.82, 2.24) is 10.2 Å². The number of carbonyl (C=O) groups is 1. The average molecular weight is 329 g/mol. The van der Waals surface area contributed by atoms with E-state index in [9.17, 15) is 4.79 Å². The van der Waals surface area contributed by atoms with Crippen molar-refractivity contribution in [3.63, 3.8) is 0 Å². The van der Waals surface area contributed by atoms with E-state index in [2.05, 4.69) is 10.2 Å². The second-order valence-electron chi connectivity index (χ2n) is 6.44. The molecule has 0 bridgehead atoms. The second kappa shape index (κ2) is 6.71. The molecular weight excluding hydrogens is 306 g/mol. The number of anilines is 1. The van der Waals surface area contributed by atoms with Crippen molar-refractivity contribution in [2.45, 2.75) is 38.1 Å². The summed E-state index contributed by atoms with van der Waals surface area (Å²) in [6, 6.07) is 8.39. The fourth-order valence-electron chi connectivity index (χ4n) is 3.25. The maximum atomic E-state index is 12.7. The van der Waals surface area contributed by atoms with E-state index in [1.54, 1.807) is 4.90 Å². The molecule has 1 aromatic rings. The molecule has 3 rings (SSSR count). The van der Waals surface area contributed by atoms with Crippen LogP contribution in [0.3, 0.4) is 0 Å². The molecule has 0 radical (unpaired) electrons. The van der Waals surface area contributed by atoms with Gasteiger partial charge in [-0.1, -0.05) is 31.4 Å². The Bertz CT molecular complexity index is 630. The van der Waals surface area contributed by atoms with Crippen molar-refractivity contribution < 1.29 is 4.79 Å². The van der Waals surface area contributed by atoms with E-state index in [-0.39, 0.29) is 11.9 Å². The molecule has 1 saturated heterocycles. The third kappa shape index (κ3) is 3.39. The largest absolute Gasteiger partial charge is 0.378 e. The highest BCUT2D eigenvalue weighted by molar-refractivity contribution is 7.80. The molecule has 122 valence electrons. The second-order valence-corrected chi connectivity index (χ2v) is 6.83. The molecule has 1 aliphatic carbocycles. The Morgan fingerprint density at radius 1 is 1.17 bits per heavy atom. The van der Waals surface area contributed by atoms with Gasteiger partial charge in [0.25, 0.3) is 5.91 Å². The molecule has 1 amide bonds. The van der Waals surface area contributed by atoms with Crippen LogP contribution in [0.25, 0.3) is 6.08 Å². The molecule has 4 nitrogen and oxygen atoms in total. The van der Waals surface area contributed by atoms with Gasteiger partial charge in [0.05, 0.1) is 0 Å². The van der Waals surface area contributed by atoms with Crippen LogP contribution in [0.4, 0.5) is 5.69 Å². The molecule has 1 saturated carbocycles. The van der Waals surface area contributed by atoms with Gasteiger partial charge in [0, 0.05) is 25.8 Å². The van der Waals surface area contributed by atoms with Crippen molar-refractivity contribution in [2.24, 2.45) is 0 Å². The Kier molecular flexibility index (Phi) is 4.66. The maximum absolute atomic E-state index is 12.7. The normalized spacial score (nSPS) is 21.0. The number of rotatable bonds is 3. The lowest BCUT2D eigenvalue weighted by Gasteiger charge is -2.29. The van der Waals surface area contributed by atoms with Gasteiger partial charge in [-0.25, -0.2) is 0 Å². The van der Waals surface area contributed by atoms with Crippen LogP contribution in [0.5, 0.6) is 0 Å². The van der Waals surface area contributed by atoms with Crippen LogP contribution in [0.15, 0.2) is 30.0 Å². The van der Waals surface area contributed by atoms with Crippen LogP contribution in [0.2, 0.25) is 0 Å². The number of benzene rings is 1. The van der Waals surface area contributed by atoms with Crippen LogP contribution >= 0.6 is 12.2 Å². The van der Waals surface area contributed by atoms with E-state index in [0.717, 1.165) is 24.1 Å². The standard InChI is InChI=1S/C18H23N3OS/c1-20(2)14-10-8-13(9-11-14)12-16-17(22)21(18(23)19-16)15-6-4-3-5-7-15/h8-12,15H,3-7H2,1-2H3,(H,19,23)/b16-12-. The molecule has 5 heteroatoms. The Balaban J connectivity index is 1.78. The Hall–Kier alpha value is -1.88. The van der Waals surface area contributed by atoms with Crippen molar-refractivity contribution in [3.05, 3.63) is 35.5 Å². The fourth-order valence-corrected chi connectivity index (χ4v) is 3.60. The number of amides is 1. The number of nitrogens with zero attached hydrogens (tertiary/aromatic N) is 2. The zero-order valence-electron chi connectivity index (χ0n) is 13.7. The minimum Gasteiger partial charge on any atom is -0.378 e. The van der Waals surface area contributed by atoms with Gasteiger partial charge in [0.1, 0.15) is 5.70 Å². The minimum atomic E-state index is 0.0126. The summed E-state index contributed by atoms with van der Waals surface area (Å²) in [5.74, 6) is 0.0126. The van der Waals surface area contributed by atoms with Gasteiger partial charge in [-0.05, 0) is 48.8 Å². The van der Waals surface area contributed by atoms with E-state index in [1.165, 1.54) is 19.3 Å². The number of hydrogen-bond acceptors (Lipinski definition) is 3. The highest BCUT2D eigenvalue weighted by atomic mass is 32.1. The predicted molar refractivity (Wildman–Crippen MR) is 98.2 cm³/mol. The van der Waals surface area contributed by atoms with E-state index < -0.39 is 0 Å². The smallest absolute Gasteiger partial charge is 0.276 e. The van der Waals surface area contributed by atoms with Gasteiger partial charge in [0.15, 0.2) is 5.11 Å². The first kappa shape index (κ1) is 16.0. The molecule has 23 heavy (non-hydrogen) atoms. The third-order valence-corrected chi connectivity index (χ3v) is 4.87. The predicted octanol–water partition coefficient (Wildman–Crippen LogP) is 3.14. The first-order valence-corrected chi connectivity index (χ1v) is 8.61. The minimum absolute atomic E-state index is 0.0126. The summed E-state index contributed by atoms with van der Waals surface area (Å²) in [7, 11) is 4.02. The van der Waals surface area contributed by atoms with Crippen LogP contribution in [0, 0.1) is 0 Å². The summed E-state index contributed by atoms with van der Waals surface area (Å²) in [6.07, 6.45) is 7.62. The van der Waals surface area contributed by atoms with Crippen LogP contribution in [-0.4, -0.2) is 36.1 Å². The van der Waals surface area contributed by atoms with Crippen LogP contribution in [-0.2, 0) is 4.79 Å². The Morgan fingerprint density at radius 2 is 1.83 bits per heavy atom. The Labute approximate surface area is 143 Å². The van der Waals surface area contributed by atoms with E-state index >= 15 is 0 Å². The topological polar surface area (TPSA) is 35.6 Å². The van der Waals surface area contributed by atoms with Crippen molar-refractivity contribution >= 4 is 35.0 Å². The van der Waals surface area contributed by atoms with Gasteiger partial charge in [-0.3, -0.25) is 9.69 Å². The zero-order chi connectivity index (χ0) is 16.4. The molecule has 0 atom stereocenters. The maximum Gasteiger partial charge on any atom is 0.276 e. The lowest BCUT2D eigenvalue weighted by Crippen LogP contribution is -2.41. The zero-order valence-corrected chi connectivity index (χ0v) is 14.5. The Morgan fingerprint density at radius 3 is 2.43 bits per heavy atom. The lowest BCUT2D eigenvalue weighted by molar-refractivity contribution is -0.124. The van der Waals surface area contributed by atoms with Gasteiger partial charge < -0.3 is 10.2 Å². The quantitative estimate of drug-likeness (QED) is 0.683. The molecule has 1 aliphatic heterocycles. The molecule has 1 heterocycles. The molecule has 0 unspecified atom stereocenters. The monoisotopic (exact) mass is 329 g/mol. The third-order valence-electron chi connectivity index (χ3n) is 4.57. The van der Waals surface area contributed by atoms with Crippen LogP contribution in [0.1, 0.15) is 37.7 Å². The average Bonchev–Trinajstić information content (AvgIpc) is 2.82. The molecular formula is C18H23N3OS. The SMILES string of the molecule is CN(C)c1ccc(/C=C2\NC(=S)N(C3CCCCC3)C2=O)cc1. The first-order valence-electron chi connectivity index (χ1n) is 8.20. The molecule has 0 spiro atoms. The number of thiocarbonyl (C=S) groups is 1. The van der Waals surface area contributed by atoms with Crippen molar-refractivity contribution in [2.75, 3.05) is 19.0 Å². The van der Waals surface area contributed by atoms with Gasteiger partial charge >= 0.3 is 0 Å². The van der Waals surface area contributed by atoms with Crippen molar-refractivity contribution in [3.8, 4) is 0 Å². The summed E-state index contributed by atoms with van der Waals surface area (Å²) in [5.41, 5.74) is 2.72. The summed E-state index contributed by atoms with van der Waals surface area (Å²) in [6.45, 7) is 0. The molecule has 2 aliphatic rings. The van der Waals surface area contributed by atoms with E-state index in [0.29, 0.717) is 10.8 Å². The summed E-state index contributed by atoms with van der Waals surface area (Å²) in [5, 5.41) is 3.65. The molecule has 1 N–H and O–H groups in total. The fraction of sp³-hybridized carbons (Fsp3) is 0.444. The summed E-state index contributed by atoms with van der Waals surface area (Å²) < 4.78 is 0. The number of carbonyl (C=O) groups excluding carboxylic acids is 1. The van der Waals surface area contributed by atoms with Crippen molar-refractivity contribution in [1.29, 1.82) is 0 Å². The molecule has 1 aromatic carbocycles. The highest BCUT2D eigenvalue weighted by Crippen LogP contribution is 2.27. The summed E-state index contributed by atoms with van der Waals surface area (Å²) >= 11 is 5.39. The van der Waals surface area contributed by atoms with Gasteiger partial charge in [0.2, 0.25) is 0 Å². The van der Waals surface area contributed by atoms with Crippen LogP contribution < -0.4 is 10.2 Å². The van der Waals surface area contributed by atoms with E-state index in [1.807, 2.05) is 44.4 Å². The molecule has 0 aromatic heterocycles. The number of nitrogens with one attached hydrogen (secondary N) is 1. The molecule has 2 fully saturated rings. The van der Waals surface area contributed by atoms with Gasteiger partial charge in [-0.2, -0.15) is 0 Å². The first-order chi connectivity index (χ1) is 11.1.